The Balaban J connectivity index is 2.01. The topological polar surface area (TPSA) is 42.2 Å². The zero-order valence-electron chi connectivity index (χ0n) is 11.8. The summed E-state index contributed by atoms with van der Waals surface area (Å²) in [6.45, 7) is 4.10. The molecule has 1 aliphatic rings. The summed E-state index contributed by atoms with van der Waals surface area (Å²) >= 11 is 3.37. The van der Waals surface area contributed by atoms with E-state index >= 15 is 0 Å². The first-order chi connectivity index (χ1) is 10.00. The van der Waals surface area contributed by atoms with Crippen molar-refractivity contribution < 1.29 is 9.47 Å². The average molecular weight is 344 g/mol. The molecule has 0 saturated heterocycles. The van der Waals surface area contributed by atoms with E-state index in [-0.39, 0.29) is 5.60 Å². The number of ether oxygens (including phenoxy) is 2. The SMILES string of the molecule is CC1(C)Cc2cccc(Oc3cccc(Br)c3C#N)c2O1. The van der Waals surface area contributed by atoms with Crippen LogP contribution in [0.4, 0.5) is 0 Å². The van der Waals surface area contributed by atoms with Gasteiger partial charge < -0.3 is 9.47 Å². The number of benzene rings is 2. The maximum Gasteiger partial charge on any atom is 0.169 e. The van der Waals surface area contributed by atoms with Gasteiger partial charge in [-0.1, -0.05) is 18.2 Å². The van der Waals surface area contributed by atoms with E-state index in [0.717, 1.165) is 22.2 Å². The van der Waals surface area contributed by atoms with Crippen molar-refractivity contribution in [2.24, 2.45) is 0 Å². The Kier molecular flexibility index (Phi) is 3.38. The Morgan fingerprint density at radius 3 is 2.67 bits per heavy atom. The fourth-order valence-electron chi connectivity index (χ4n) is 2.48. The number of nitriles is 1. The van der Waals surface area contributed by atoms with Gasteiger partial charge in [0.25, 0.3) is 0 Å². The van der Waals surface area contributed by atoms with Gasteiger partial charge in [0.15, 0.2) is 11.5 Å². The molecular weight excluding hydrogens is 330 g/mol. The van der Waals surface area contributed by atoms with Crippen LogP contribution in [0.3, 0.4) is 0 Å². The van der Waals surface area contributed by atoms with Crippen LogP contribution in [0.1, 0.15) is 25.0 Å². The van der Waals surface area contributed by atoms with Gasteiger partial charge in [-0.3, -0.25) is 0 Å². The molecule has 0 saturated carbocycles. The van der Waals surface area contributed by atoms with Gasteiger partial charge in [-0.15, -0.1) is 0 Å². The number of halogens is 1. The van der Waals surface area contributed by atoms with Crippen LogP contribution in [0.5, 0.6) is 17.2 Å². The Hall–Kier alpha value is -1.99. The van der Waals surface area contributed by atoms with Gasteiger partial charge in [0.1, 0.15) is 23.0 Å². The highest BCUT2D eigenvalue weighted by molar-refractivity contribution is 9.10. The van der Waals surface area contributed by atoms with Crippen LogP contribution >= 0.6 is 15.9 Å². The second kappa shape index (κ2) is 5.09. The van der Waals surface area contributed by atoms with Crippen LogP contribution in [-0.4, -0.2) is 5.60 Å². The number of hydrogen-bond acceptors (Lipinski definition) is 3. The van der Waals surface area contributed by atoms with E-state index in [0.29, 0.717) is 17.1 Å². The molecular formula is C17H14BrNO2. The van der Waals surface area contributed by atoms with Crippen LogP contribution in [0.15, 0.2) is 40.9 Å². The lowest BCUT2D eigenvalue weighted by Crippen LogP contribution is -2.24. The number of rotatable bonds is 2. The third kappa shape index (κ3) is 2.62. The largest absolute Gasteiger partial charge is 0.483 e. The molecule has 21 heavy (non-hydrogen) atoms. The molecule has 3 nitrogen and oxygen atoms in total. The van der Waals surface area contributed by atoms with Crippen molar-refractivity contribution in [3.8, 4) is 23.3 Å². The van der Waals surface area contributed by atoms with Crippen molar-refractivity contribution in [3.05, 3.63) is 52.0 Å². The third-order valence-electron chi connectivity index (χ3n) is 3.36. The molecule has 0 aliphatic carbocycles. The second-order valence-electron chi connectivity index (χ2n) is 5.61. The quantitative estimate of drug-likeness (QED) is 0.784. The number of para-hydroxylation sites is 1. The smallest absolute Gasteiger partial charge is 0.169 e. The van der Waals surface area contributed by atoms with E-state index in [9.17, 15) is 5.26 Å². The highest BCUT2D eigenvalue weighted by Gasteiger charge is 2.32. The first kappa shape index (κ1) is 14.0. The summed E-state index contributed by atoms with van der Waals surface area (Å²) in [7, 11) is 0. The molecule has 4 heteroatoms. The lowest BCUT2D eigenvalue weighted by atomic mass is 10.0. The van der Waals surface area contributed by atoms with Crippen LogP contribution in [0.2, 0.25) is 0 Å². The minimum Gasteiger partial charge on any atom is -0.483 e. The van der Waals surface area contributed by atoms with E-state index < -0.39 is 0 Å². The molecule has 0 fully saturated rings. The predicted molar refractivity (Wildman–Crippen MR) is 83.8 cm³/mol. The summed E-state index contributed by atoms with van der Waals surface area (Å²) in [4.78, 5) is 0. The summed E-state index contributed by atoms with van der Waals surface area (Å²) in [5.74, 6) is 1.94. The third-order valence-corrected chi connectivity index (χ3v) is 4.02. The van der Waals surface area contributed by atoms with Crippen molar-refractivity contribution in [2.45, 2.75) is 25.9 Å². The summed E-state index contributed by atoms with van der Waals surface area (Å²) in [5.41, 5.74) is 1.38. The Morgan fingerprint density at radius 1 is 1.19 bits per heavy atom. The lowest BCUT2D eigenvalue weighted by Gasteiger charge is -2.18. The Labute approximate surface area is 132 Å². The molecule has 2 aromatic carbocycles. The minimum absolute atomic E-state index is 0.225. The highest BCUT2D eigenvalue weighted by atomic mass is 79.9. The molecule has 2 aromatic rings. The molecule has 0 aromatic heterocycles. The molecule has 3 rings (SSSR count). The first-order valence-electron chi connectivity index (χ1n) is 6.67. The molecule has 0 radical (unpaired) electrons. The Bertz CT molecular complexity index is 747. The summed E-state index contributed by atoms with van der Waals surface area (Å²) in [5, 5.41) is 9.26. The summed E-state index contributed by atoms with van der Waals surface area (Å²) < 4.78 is 12.6. The van der Waals surface area contributed by atoms with Gasteiger partial charge in [-0.2, -0.15) is 5.26 Å². The molecule has 106 valence electrons. The molecule has 0 unspecified atom stereocenters. The molecule has 0 N–H and O–H groups in total. The Morgan fingerprint density at radius 2 is 1.90 bits per heavy atom. The highest BCUT2D eigenvalue weighted by Crippen LogP contribution is 2.44. The van der Waals surface area contributed by atoms with E-state index in [1.165, 1.54) is 0 Å². The molecule has 0 spiro atoms. The zero-order valence-corrected chi connectivity index (χ0v) is 13.4. The molecule has 0 amide bonds. The van der Waals surface area contributed by atoms with Gasteiger partial charge in [0, 0.05) is 16.5 Å². The van der Waals surface area contributed by atoms with Gasteiger partial charge in [0.2, 0.25) is 0 Å². The van der Waals surface area contributed by atoms with Gasteiger partial charge in [-0.25, -0.2) is 0 Å². The molecule has 1 aliphatic heterocycles. The van der Waals surface area contributed by atoms with Crippen LogP contribution in [-0.2, 0) is 6.42 Å². The van der Waals surface area contributed by atoms with Crippen molar-refractivity contribution in [2.75, 3.05) is 0 Å². The van der Waals surface area contributed by atoms with Crippen molar-refractivity contribution in [1.82, 2.24) is 0 Å². The van der Waals surface area contributed by atoms with Crippen LogP contribution < -0.4 is 9.47 Å². The predicted octanol–water partition coefficient (Wildman–Crippen LogP) is 4.83. The van der Waals surface area contributed by atoms with E-state index in [1.807, 2.05) is 30.3 Å². The van der Waals surface area contributed by atoms with Crippen molar-refractivity contribution in [1.29, 1.82) is 5.26 Å². The van der Waals surface area contributed by atoms with Gasteiger partial charge in [-0.05, 0) is 48.0 Å². The van der Waals surface area contributed by atoms with E-state index in [1.54, 1.807) is 6.07 Å². The lowest BCUT2D eigenvalue weighted by molar-refractivity contribution is 0.135. The van der Waals surface area contributed by atoms with Crippen molar-refractivity contribution in [3.63, 3.8) is 0 Å². The van der Waals surface area contributed by atoms with Crippen LogP contribution in [0, 0.1) is 11.3 Å². The normalized spacial score (nSPS) is 15.0. The van der Waals surface area contributed by atoms with E-state index in [4.69, 9.17) is 9.47 Å². The number of fused-ring (bicyclic) bond motifs is 1. The monoisotopic (exact) mass is 343 g/mol. The van der Waals surface area contributed by atoms with E-state index in [2.05, 4.69) is 35.8 Å². The maximum absolute atomic E-state index is 9.26. The van der Waals surface area contributed by atoms with Crippen LogP contribution in [0.25, 0.3) is 0 Å². The summed E-state index contributed by atoms with van der Waals surface area (Å²) in [6, 6.07) is 13.5. The molecule has 0 bridgehead atoms. The fourth-order valence-corrected chi connectivity index (χ4v) is 2.92. The number of nitrogens with zero attached hydrogens (tertiary/aromatic N) is 1. The zero-order chi connectivity index (χ0) is 15.0. The average Bonchev–Trinajstić information content (AvgIpc) is 2.74. The number of hydrogen-bond donors (Lipinski definition) is 0. The molecule has 1 heterocycles. The fraction of sp³-hybridized carbons (Fsp3) is 0.235. The minimum atomic E-state index is -0.225. The standard InChI is InChI=1S/C17H14BrNO2/c1-17(2)9-11-5-3-8-15(16(11)21-17)20-14-7-4-6-13(18)12(14)10-19/h3-8H,9H2,1-2H3. The van der Waals surface area contributed by atoms with Gasteiger partial charge >= 0.3 is 0 Å². The van der Waals surface area contributed by atoms with Crippen molar-refractivity contribution >= 4 is 15.9 Å². The second-order valence-corrected chi connectivity index (χ2v) is 6.46. The first-order valence-corrected chi connectivity index (χ1v) is 7.47. The molecule has 0 atom stereocenters. The maximum atomic E-state index is 9.26. The van der Waals surface area contributed by atoms with Gasteiger partial charge in [0.05, 0.1) is 0 Å². The summed E-state index contributed by atoms with van der Waals surface area (Å²) in [6.07, 6.45) is 0.850.